The molecule has 0 saturated heterocycles. The summed E-state index contributed by atoms with van der Waals surface area (Å²) in [5, 5.41) is 27.8. The van der Waals surface area contributed by atoms with Crippen LogP contribution in [0.15, 0.2) is 83.5 Å². The molecule has 1 aliphatic rings. The topological polar surface area (TPSA) is 128 Å². The van der Waals surface area contributed by atoms with Crippen LogP contribution in [0.25, 0.3) is 6.08 Å². The van der Waals surface area contributed by atoms with Gasteiger partial charge in [-0.3, -0.25) is 25.0 Å². The van der Waals surface area contributed by atoms with Crippen molar-refractivity contribution < 1.29 is 19.4 Å². The molecule has 0 N–H and O–H groups in total. The molecule has 164 valence electrons. The molecule has 3 aromatic carbocycles. The minimum absolute atomic E-state index is 0.121. The third kappa shape index (κ3) is 4.44. The number of hydrogen-bond donors (Lipinski definition) is 0. The summed E-state index contributed by atoms with van der Waals surface area (Å²) in [6, 6.07) is 18.8. The lowest BCUT2D eigenvalue weighted by atomic mass is 10.1. The monoisotopic (exact) mass is 444 g/mol. The van der Waals surface area contributed by atoms with E-state index in [1.165, 1.54) is 11.1 Å². The second-order valence-electron chi connectivity index (χ2n) is 7.03. The number of ether oxygens (including phenoxy) is 1. The number of hydrazone groups is 1. The Morgan fingerprint density at radius 3 is 2.27 bits per heavy atom. The van der Waals surface area contributed by atoms with Gasteiger partial charge in [-0.1, -0.05) is 30.3 Å². The maximum absolute atomic E-state index is 12.8. The van der Waals surface area contributed by atoms with Crippen LogP contribution >= 0.6 is 0 Å². The molecule has 0 aromatic heterocycles. The maximum atomic E-state index is 12.8. The van der Waals surface area contributed by atoms with Crippen LogP contribution in [0.2, 0.25) is 0 Å². The van der Waals surface area contributed by atoms with Crippen molar-refractivity contribution in [1.29, 1.82) is 0 Å². The van der Waals surface area contributed by atoms with Crippen molar-refractivity contribution >= 4 is 34.8 Å². The summed E-state index contributed by atoms with van der Waals surface area (Å²) in [6.07, 6.45) is 1.70. The van der Waals surface area contributed by atoms with Gasteiger partial charge < -0.3 is 4.74 Å². The fourth-order valence-corrected chi connectivity index (χ4v) is 3.20. The van der Waals surface area contributed by atoms with Gasteiger partial charge in [-0.2, -0.15) is 10.1 Å². The summed E-state index contributed by atoms with van der Waals surface area (Å²) in [4.78, 5) is 33.5. The van der Waals surface area contributed by atoms with Crippen molar-refractivity contribution in [3.63, 3.8) is 0 Å². The molecule has 0 spiro atoms. The number of nitro groups is 2. The molecule has 0 radical (unpaired) electrons. The van der Waals surface area contributed by atoms with Crippen LogP contribution in [0.4, 0.5) is 17.1 Å². The number of anilines is 1. The number of carbonyl (C=O) groups excluding carboxylic acids is 1. The molecule has 10 nitrogen and oxygen atoms in total. The number of nitro benzene ring substituents is 2. The van der Waals surface area contributed by atoms with Crippen molar-refractivity contribution in [1.82, 2.24) is 0 Å². The maximum Gasteiger partial charge on any atom is 0.318 e. The molecular weight excluding hydrogens is 428 g/mol. The highest BCUT2D eigenvalue weighted by molar-refractivity contribution is 6.32. The first-order valence-electron chi connectivity index (χ1n) is 9.71. The lowest BCUT2D eigenvalue weighted by Gasteiger charge is -2.11. The minimum Gasteiger partial charge on any atom is -0.450 e. The highest BCUT2D eigenvalue weighted by Crippen LogP contribution is 2.34. The number of nitrogens with zero attached hydrogens (tertiary/aromatic N) is 4. The van der Waals surface area contributed by atoms with Crippen molar-refractivity contribution in [3.8, 4) is 11.5 Å². The number of rotatable bonds is 6. The third-order valence-electron chi connectivity index (χ3n) is 4.83. The van der Waals surface area contributed by atoms with E-state index in [0.717, 1.165) is 12.1 Å². The van der Waals surface area contributed by atoms with E-state index in [-0.39, 0.29) is 11.7 Å². The predicted molar refractivity (Wildman–Crippen MR) is 121 cm³/mol. The molecule has 3 aromatic rings. The standard InChI is InChI=1S/C23H16N4O6/c1-15-20(23(28)25(24-15)17-5-3-2-4-6-17)13-16-7-10-19(11-8-16)33-22-12-9-18(26(29)30)14-21(22)27(31)32/h2-14H,1H3/b20-13+. The number of non-ortho nitro benzene ring substituents is 1. The van der Waals surface area contributed by atoms with Gasteiger partial charge in [0.05, 0.1) is 32.9 Å². The number of hydrogen-bond acceptors (Lipinski definition) is 7. The molecule has 1 aliphatic heterocycles. The average molecular weight is 444 g/mol. The van der Waals surface area contributed by atoms with Crippen molar-refractivity contribution in [2.24, 2.45) is 5.10 Å². The van der Waals surface area contributed by atoms with E-state index < -0.39 is 21.2 Å². The van der Waals surface area contributed by atoms with Gasteiger partial charge in [-0.15, -0.1) is 0 Å². The van der Waals surface area contributed by atoms with Gasteiger partial charge in [0, 0.05) is 6.07 Å². The van der Waals surface area contributed by atoms with Crippen LogP contribution in [0.3, 0.4) is 0 Å². The molecule has 10 heteroatoms. The summed E-state index contributed by atoms with van der Waals surface area (Å²) < 4.78 is 5.56. The first-order chi connectivity index (χ1) is 15.8. The Bertz CT molecular complexity index is 1320. The normalized spacial score (nSPS) is 14.3. The zero-order chi connectivity index (χ0) is 23.5. The summed E-state index contributed by atoms with van der Waals surface area (Å²) in [5.41, 5.74) is 1.47. The molecule has 1 heterocycles. The van der Waals surface area contributed by atoms with E-state index in [1.807, 2.05) is 18.2 Å². The Morgan fingerprint density at radius 2 is 1.64 bits per heavy atom. The van der Waals surface area contributed by atoms with Crippen molar-refractivity contribution in [2.75, 3.05) is 5.01 Å². The van der Waals surface area contributed by atoms with Gasteiger partial charge in [0.25, 0.3) is 11.6 Å². The van der Waals surface area contributed by atoms with Crippen LogP contribution in [0.1, 0.15) is 12.5 Å². The Kier molecular flexibility index (Phi) is 5.64. The van der Waals surface area contributed by atoms with E-state index in [4.69, 9.17) is 4.74 Å². The summed E-state index contributed by atoms with van der Waals surface area (Å²) in [6.45, 7) is 1.75. The van der Waals surface area contributed by atoms with E-state index in [2.05, 4.69) is 5.10 Å². The Hall–Kier alpha value is -4.86. The number of para-hydroxylation sites is 1. The summed E-state index contributed by atoms with van der Waals surface area (Å²) in [5.74, 6) is -0.0761. The van der Waals surface area contributed by atoms with Crippen LogP contribution in [0.5, 0.6) is 11.5 Å². The molecule has 0 aliphatic carbocycles. The van der Waals surface area contributed by atoms with Crippen molar-refractivity contribution in [2.45, 2.75) is 6.92 Å². The van der Waals surface area contributed by atoms with E-state index in [1.54, 1.807) is 49.4 Å². The van der Waals surface area contributed by atoms with Crippen molar-refractivity contribution in [3.05, 3.63) is 104 Å². The van der Waals surface area contributed by atoms with Crippen LogP contribution in [0, 0.1) is 20.2 Å². The fraction of sp³-hybridized carbons (Fsp3) is 0.0435. The second kappa shape index (κ2) is 8.71. The summed E-state index contributed by atoms with van der Waals surface area (Å²) >= 11 is 0. The van der Waals surface area contributed by atoms with Gasteiger partial charge in [-0.05, 0) is 48.9 Å². The van der Waals surface area contributed by atoms with E-state index in [0.29, 0.717) is 28.3 Å². The smallest absolute Gasteiger partial charge is 0.318 e. The molecule has 0 unspecified atom stereocenters. The van der Waals surface area contributed by atoms with E-state index in [9.17, 15) is 25.0 Å². The predicted octanol–water partition coefficient (Wildman–Crippen LogP) is 5.10. The van der Waals surface area contributed by atoms with Crippen LogP contribution < -0.4 is 9.75 Å². The molecule has 0 bridgehead atoms. The average Bonchev–Trinajstić information content (AvgIpc) is 3.09. The lowest BCUT2D eigenvalue weighted by molar-refractivity contribution is -0.394. The van der Waals surface area contributed by atoms with Gasteiger partial charge in [0.1, 0.15) is 5.75 Å². The zero-order valence-electron chi connectivity index (χ0n) is 17.2. The SMILES string of the molecule is CC1=NN(c2ccccc2)C(=O)/C1=C/c1ccc(Oc2ccc([N+](=O)[O-])cc2[N+](=O)[O-])cc1. The molecular formula is C23H16N4O6. The van der Waals surface area contributed by atoms with E-state index >= 15 is 0 Å². The fourth-order valence-electron chi connectivity index (χ4n) is 3.20. The zero-order valence-corrected chi connectivity index (χ0v) is 17.2. The van der Waals surface area contributed by atoms with Gasteiger partial charge in [-0.25, -0.2) is 0 Å². The molecule has 0 saturated carbocycles. The highest BCUT2D eigenvalue weighted by Gasteiger charge is 2.28. The largest absolute Gasteiger partial charge is 0.450 e. The quantitative estimate of drug-likeness (QED) is 0.295. The Balaban J connectivity index is 1.54. The molecule has 0 fully saturated rings. The minimum atomic E-state index is -0.743. The Morgan fingerprint density at radius 1 is 0.939 bits per heavy atom. The molecule has 33 heavy (non-hydrogen) atoms. The van der Waals surface area contributed by atoms with Gasteiger partial charge in [0.2, 0.25) is 5.75 Å². The second-order valence-corrected chi connectivity index (χ2v) is 7.03. The molecule has 1 amide bonds. The number of amides is 1. The number of benzene rings is 3. The number of carbonyl (C=O) groups is 1. The molecule has 0 atom stereocenters. The lowest BCUT2D eigenvalue weighted by Crippen LogP contribution is -2.21. The third-order valence-corrected chi connectivity index (χ3v) is 4.83. The van der Waals surface area contributed by atoms with Crippen LogP contribution in [-0.4, -0.2) is 21.5 Å². The first-order valence-corrected chi connectivity index (χ1v) is 9.71. The Labute approximate surface area is 187 Å². The molecule has 4 rings (SSSR count). The van der Waals surface area contributed by atoms with Gasteiger partial charge >= 0.3 is 5.69 Å². The summed E-state index contributed by atoms with van der Waals surface area (Å²) in [7, 11) is 0. The van der Waals surface area contributed by atoms with Crippen LogP contribution in [-0.2, 0) is 4.79 Å². The first kappa shape index (κ1) is 21.4. The highest BCUT2D eigenvalue weighted by atomic mass is 16.6. The van der Waals surface area contributed by atoms with Gasteiger partial charge in [0.15, 0.2) is 0 Å².